The van der Waals surface area contributed by atoms with Gasteiger partial charge in [-0.3, -0.25) is 4.68 Å². The predicted octanol–water partition coefficient (Wildman–Crippen LogP) is 4.08. The summed E-state index contributed by atoms with van der Waals surface area (Å²) in [5, 5.41) is 9.09. The van der Waals surface area contributed by atoms with Crippen LogP contribution in [0.1, 0.15) is 58.8 Å². The number of hydrogen-bond acceptors (Lipinski definition) is 2. The quantitative estimate of drug-likeness (QED) is 0.745. The lowest BCUT2D eigenvalue weighted by molar-refractivity contribution is 0.390. The Balaban J connectivity index is 2.89. The fraction of sp³-hybridized carbons (Fsp3) is 0.812. The van der Waals surface area contributed by atoms with E-state index in [0.717, 1.165) is 42.6 Å². The molecule has 1 N–H and O–H groups in total. The van der Waals surface area contributed by atoms with E-state index in [1.807, 2.05) is 0 Å². The molecule has 2 unspecified atom stereocenters. The molecule has 20 heavy (non-hydrogen) atoms. The van der Waals surface area contributed by atoms with Crippen LogP contribution in [0.25, 0.3) is 0 Å². The summed E-state index contributed by atoms with van der Waals surface area (Å²) in [6.07, 6.45) is 4.29. The number of nitrogens with one attached hydrogen (secondary N) is 1. The summed E-state index contributed by atoms with van der Waals surface area (Å²) < 4.78 is 2.07. The number of hydrogen-bond donors (Lipinski definition) is 1. The van der Waals surface area contributed by atoms with Gasteiger partial charge in [0.25, 0.3) is 0 Å². The second-order valence-electron chi connectivity index (χ2n) is 5.58. The minimum Gasteiger partial charge on any atom is -0.314 e. The van der Waals surface area contributed by atoms with Gasteiger partial charge in [0.1, 0.15) is 0 Å². The van der Waals surface area contributed by atoms with Crippen molar-refractivity contribution in [3.8, 4) is 0 Å². The molecule has 0 spiro atoms. The molecular weight excluding hydrogens is 270 g/mol. The smallest absolute Gasteiger partial charge is 0.0850 e. The Bertz CT molecular complexity index is 401. The first-order valence-corrected chi connectivity index (χ1v) is 8.42. The van der Waals surface area contributed by atoms with Crippen molar-refractivity contribution in [2.75, 3.05) is 6.54 Å². The van der Waals surface area contributed by atoms with E-state index in [0.29, 0.717) is 6.04 Å². The monoisotopic (exact) mass is 299 g/mol. The minimum absolute atomic E-state index is 0.485. The van der Waals surface area contributed by atoms with Gasteiger partial charge in [0, 0.05) is 19.0 Å². The van der Waals surface area contributed by atoms with Crippen LogP contribution in [0, 0.1) is 5.92 Å². The first kappa shape index (κ1) is 17.5. The number of aromatic nitrogens is 2. The molecule has 0 aliphatic rings. The summed E-state index contributed by atoms with van der Waals surface area (Å²) in [5.74, 6) is 0.737. The molecule has 0 bridgehead atoms. The summed E-state index contributed by atoms with van der Waals surface area (Å²) in [5.41, 5.74) is 2.22. The van der Waals surface area contributed by atoms with E-state index in [1.165, 1.54) is 18.5 Å². The van der Waals surface area contributed by atoms with Gasteiger partial charge in [0.15, 0.2) is 0 Å². The molecule has 0 saturated carbocycles. The van der Waals surface area contributed by atoms with Crippen molar-refractivity contribution >= 4 is 11.6 Å². The molecule has 0 fully saturated rings. The summed E-state index contributed by atoms with van der Waals surface area (Å²) in [7, 11) is 0. The van der Waals surface area contributed by atoms with E-state index in [1.54, 1.807) is 0 Å². The predicted molar refractivity (Wildman–Crippen MR) is 87.5 cm³/mol. The molecule has 1 aromatic heterocycles. The average Bonchev–Trinajstić information content (AvgIpc) is 2.75. The summed E-state index contributed by atoms with van der Waals surface area (Å²) in [6, 6.07) is 0.485. The SMILES string of the molecule is CCNC(Cc1c(Cl)c(CC)nn1CC)CC(C)CC. The van der Waals surface area contributed by atoms with Crippen LogP contribution in [-0.2, 0) is 19.4 Å². The lowest BCUT2D eigenvalue weighted by Crippen LogP contribution is -2.33. The van der Waals surface area contributed by atoms with Crippen molar-refractivity contribution in [1.82, 2.24) is 15.1 Å². The van der Waals surface area contributed by atoms with Crippen LogP contribution in [0.5, 0.6) is 0 Å². The number of aryl methyl sites for hydroxylation is 2. The third-order valence-electron chi connectivity index (χ3n) is 4.01. The molecular formula is C16H30ClN3. The molecule has 1 heterocycles. The van der Waals surface area contributed by atoms with Crippen LogP contribution in [-0.4, -0.2) is 22.4 Å². The highest BCUT2D eigenvalue weighted by atomic mass is 35.5. The highest BCUT2D eigenvalue weighted by Crippen LogP contribution is 2.24. The molecule has 0 radical (unpaired) electrons. The van der Waals surface area contributed by atoms with E-state index >= 15 is 0 Å². The van der Waals surface area contributed by atoms with Gasteiger partial charge in [-0.2, -0.15) is 5.10 Å². The Morgan fingerprint density at radius 2 is 1.95 bits per heavy atom. The lowest BCUT2D eigenvalue weighted by atomic mass is 9.96. The van der Waals surface area contributed by atoms with E-state index in [4.69, 9.17) is 11.6 Å². The van der Waals surface area contributed by atoms with Crippen molar-refractivity contribution in [2.24, 2.45) is 5.92 Å². The Kier molecular flexibility index (Phi) is 7.60. The molecule has 0 saturated heterocycles. The maximum atomic E-state index is 6.51. The number of likely N-dealkylation sites (N-methyl/N-ethyl adjacent to an activating group) is 1. The van der Waals surface area contributed by atoms with Crippen LogP contribution in [0.15, 0.2) is 0 Å². The third-order valence-corrected chi connectivity index (χ3v) is 4.45. The maximum absolute atomic E-state index is 6.51. The van der Waals surface area contributed by atoms with Crippen LogP contribution in [0.2, 0.25) is 5.02 Å². The molecule has 0 aromatic carbocycles. The van der Waals surface area contributed by atoms with Crippen molar-refractivity contribution in [1.29, 1.82) is 0 Å². The summed E-state index contributed by atoms with van der Waals surface area (Å²) >= 11 is 6.51. The highest BCUT2D eigenvalue weighted by molar-refractivity contribution is 6.31. The van der Waals surface area contributed by atoms with Crippen LogP contribution >= 0.6 is 11.6 Å². The maximum Gasteiger partial charge on any atom is 0.0850 e. The van der Waals surface area contributed by atoms with Crippen LogP contribution in [0.3, 0.4) is 0 Å². The van der Waals surface area contributed by atoms with E-state index < -0.39 is 0 Å². The van der Waals surface area contributed by atoms with E-state index in [-0.39, 0.29) is 0 Å². The number of nitrogens with zero attached hydrogens (tertiary/aromatic N) is 2. The topological polar surface area (TPSA) is 29.9 Å². The van der Waals surface area contributed by atoms with Crippen molar-refractivity contribution in [2.45, 2.75) is 72.9 Å². The third kappa shape index (κ3) is 4.49. The van der Waals surface area contributed by atoms with Gasteiger partial charge in [-0.25, -0.2) is 0 Å². The molecule has 2 atom stereocenters. The summed E-state index contributed by atoms with van der Waals surface area (Å²) in [6.45, 7) is 12.9. The molecule has 3 nitrogen and oxygen atoms in total. The van der Waals surface area contributed by atoms with Crippen LogP contribution < -0.4 is 5.32 Å². The second kappa shape index (κ2) is 8.68. The highest BCUT2D eigenvalue weighted by Gasteiger charge is 2.19. The largest absolute Gasteiger partial charge is 0.314 e. The number of rotatable bonds is 9. The molecule has 0 aliphatic carbocycles. The Morgan fingerprint density at radius 3 is 2.45 bits per heavy atom. The van der Waals surface area contributed by atoms with Crippen molar-refractivity contribution in [3.05, 3.63) is 16.4 Å². The van der Waals surface area contributed by atoms with Crippen LogP contribution in [0.4, 0.5) is 0 Å². The first-order chi connectivity index (χ1) is 9.57. The van der Waals surface area contributed by atoms with Crippen molar-refractivity contribution in [3.63, 3.8) is 0 Å². The molecule has 0 aliphatic heterocycles. The van der Waals surface area contributed by atoms with Gasteiger partial charge in [-0.15, -0.1) is 0 Å². The number of halogens is 1. The van der Waals surface area contributed by atoms with E-state index in [9.17, 15) is 0 Å². The molecule has 4 heteroatoms. The van der Waals surface area contributed by atoms with Gasteiger partial charge in [-0.1, -0.05) is 45.7 Å². The molecule has 1 aromatic rings. The normalized spacial score (nSPS) is 14.5. The van der Waals surface area contributed by atoms with Gasteiger partial charge >= 0.3 is 0 Å². The zero-order valence-electron chi connectivity index (χ0n) is 13.7. The molecule has 1 rings (SSSR count). The van der Waals surface area contributed by atoms with Gasteiger partial charge < -0.3 is 5.32 Å². The second-order valence-corrected chi connectivity index (χ2v) is 5.96. The fourth-order valence-corrected chi connectivity index (χ4v) is 2.97. The average molecular weight is 300 g/mol. The van der Waals surface area contributed by atoms with Crippen molar-refractivity contribution < 1.29 is 0 Å². The Morgan fingerprint density at radius 1 is 1.25 bits per heavy atom. The Labute approximate surface area is 129 Å². The fourth-order valence-electron chi connectivity index (χ4n) is 2.63. The van der Waals surface area contributed by atoms with Gasteiger partial charge in [0.2, 0.25) is 0 Å². The van der Waals surface area contributed by atoms with Gasteiger partial charge in [-0.05, 0) is 32.2 Å². The lowest BCUT2D eigenvalue weighted by Gasteiger charge is -2.21. The molecule has 116 valence electrons. The zero-order chi connectivity index (χ0) is 15.1. The zero-order valence-corrected chi connectivity index (χ0v) is 14.4. The summed E-state index contributed by atoms with van der Waals surface area (Å²) in [4.78, 5) is 0. The molecule has 0 amide bonds. The first-order valence-electron chi connectivity index (χ1n) is 8.04. The van der Waals surface area contributed by atoms with E-state index in [2.05, 4.69) is 49.7 Å². The van der Waals surface area contributed by atoms with Gasteiger partial charge in [0.05, 0.1) is 16.4 Å². The Hall–Kier alpha value is -0.540. The minimum atomic E-state index is 0.485. The standard InChI is InChI=1S/C16H30ClN3/c1-6-12(5)10-13(18-8-3)11-15-16(17)14(7-2)19-20(15)9-4/h12-13,18H,6-11H2,1-5H3.